The Morgan fingerprint density at radius 1 is 1.15 bits per heavy atom. The van der Waals surface area contributed by atoms with Gasteiger partial charge in [0.2, 0.25) is 0 Å². The standard InChI is InChI=1S/C18H23NO/c1-3-11-18(20,12-4-2)13-7-8-15-14-19-17-10-6-5-9-16(15)17/h3-6,9-10,14,19-20H,1-2,7-8,11-13H2. The average molecular weight is 269 g/mol. The van der Waals surface area contributed by atoms with Crippen molar-refractivity contribution in [2.75, 3.05) is 0 Å². The maximum Gasteiger partial charge on any atom is 0.0716 e. The Hall–Kier alpha value is -1.80. The van der Waals surface area contributed by atoms with Gasteiger partial charge in [0.15, 0.2) is 0 Å². The molecular formula is C18H23NO. The number of nitrogens with one attached hydrogen (secondary N) is 1. The maximum atomic E-state index is 10.5. The van der Waals surface area contributed by atoms with Crippen LogP contribution in [0.5, 0.6) is 0 Å². The van der Waals surface area contributed by atoms with Crippen molar-refractivity contribution in [1.29, 1.82) is 0 Å². The highest BCUT2D eigenvalue weighted by Crippen LogP contribution is 2.25. The summed E-state index contributed by atoms with van der Waals surface area (Å²) in [6, 6.07) is 8.33. The fraction of sp³-hybridized carbons (Fsp3) is 0.333. The molecule has 0 saturated heterocycles. The van der Waals surface area contributed by atoms with E-state index in [1.54, 1.807) is 12.2 Å². The molecular weight excluding hydrogens is 246 g/mol. The Morgan fingerprint density at radius 2 is 1.85 bits per heavy atom. The first-order valence-electron chi connectivity index (χ1n) is 7.18. The molecule has 0 unspecified atom stereocenters. The summed E-state index contributed by atoms with van der Waals surface area (Å²) in [6.07, 6.45) is 9.58. The number of rotatable bonds is 8. The van der Waals surface area contributed by atoms with Crippen LogP contribution in [0.15, 0.2) is 55.8 Å². The molecule has 1 aromatic heterocycles. The zero-order valence-electron chi connectivity index (χ0n) is 11.9. The Labute approximate surface area is 120 Å². The van der Waals surface area contributed by atoms with E-state index in [9.17, 15) is 5.11 Å². The largest absolute Gasteiger partial charge is 0.389 e. The number of hydrogen-bond acceptors (Lipinski definition) is 1. The van der Waals surface area contributed by atoms with E-state index in [1.807, 2.05) is 6.07 Å². The minimum atomic E-state index is -0.685. The van der Waals surface area contributed by atoms with E-state index < -0.39 is 5.60 Å². The van der Waals surface area contributed by atoms with Crippen LogP contribution in [-0.4, -0.2) is 15.7 Å². The van der Waals surface area contributed by atoms with Crippen LogP contribution in [0.2, 0.25) is 0 Å². The molecule has 2 heteroatoms. The van der Waals surface area contributed by atoms with Crippen LogP contribution in [0, 0.1) is 0 Å². The van der Waals surface area contributed by atoms with Gasteiger partial charge in [-0.25, -0.2) is 0 Å². The molecule has 0 atom stereocenters. The van der Waals surface area contributed by atoms with Crippen LogP contribution in [-0.2, 0) is 6.42 Å². The van der Waals surface area contributed by atoms with Crippen molar-refractivity contribution in [3.05, 3.63) is 61.3 Å². The Morgan fingerprint density at radius 3 is 2.55 bits per heavy atom. The van der Waals surface area contributed by atoms with Crippen molar-refractivity contribution in [2.45, 2.75) is 37.7 Å². The normalized spacial score (nSPS) is 11.7. The maximum absolute atomic E-state index is 10.5. The first-order valence-corrected chi connectivity index (χ1v) is 7.18. The third-order valence-electron chi connectivity index (χ3n) is 3.81. The molecule has 2 N–H and O–H groups in total. The number of fused-ring (bicyclic) bond motifs is 1. The number of aromatic nitrogens is 1. The van der Waals surface area contributed by atoms with Gasteiger partial charge >= 0.3 is 0 Å². The molecule has 2 aromatic rings. The predicted molar refractivity (Wildman–Crippen MR) is 85.8 cm³/mol. The lowest BCUT2D eigenvalue weighted by Crippen LogP contribution is -2.27. The van der Waals surface area contributed by atoms with E-state index in [0.717, 1.165) is 19.3 Å². The second-order valence-electron chi connectivity index (χ2n) is 5.42. The number of hydrogen-bond donors (Lipinski definition) is 2. The van der Waals surface area contributed by atoms with Crippen molar-refractivity contribution in [3.63, 3.8) is 0 Å². The lowest BCUT2D eigenvalue weighted by atomic mass is 9.89. The zero-order valence-corrected chi connectivity index (χ0v) is 11.9. The third-order valence-corrected chi connectivity index (χ3v) is 3.81. The summed E-state index contributed by atoms with van der Waals surface area (Å²) in [4.78, 5) is 3.29. The SMILES string of the molecule is C=CCC(O)(CC=C)CCCc1c[nH]c2ccccc12. The average Bonchev–Trinajstić information content (AvgIpc) is 2.83. The number of benzene rings is 1. The van der Waals surface area contributed by atoms with E-state index in [0.29, 0.717) is 12.8 Å². The molecule has 1 aromatic carbocycles. The molecule has 0 spiro atoms. The van der Waals surface area contributed by atoms with Gasteiger partial charge < -0.3 is 10.1 Å². The highest BCUT2D eigenvalue weighted by atomic mass is 16.3. The Balaban J connectivity index is 1.98. The van der Waals surface area contributed by atoms with Crippen LogP contribution in [0.4, 0.5) is 0 Å². The van der Waals surface area contributed by atoms with E-state index in [2.05, 4.69) is 42.5 Å². The number of H-pyrrole nitrogens is 1. The number of aliphatic hydroxyl groups is 1. The van der Waals surface area contributed by atoms with Gasteiger partial charge in [-0.2, -0.15) is 0 Å². The molecule has 0 aliphatic carbocycles. The van der Waals surface area contributed by atoms with Gasteiger partial charge in [-0.3, -0.25) is 0 Å². The minimum Gasteiger partial charge on any atom is -0.389 e. The Kier molecular flexibility index (Phi) is 4.80. The lowest BCUT2D eigenvalue weighted by molar-refractivity contribution is 0.0355. The fourth-order valence-electron chi connectivity index (χ4n) is 2.77. The summed E-state index contributed by atoms with van der Waals surface area (Å²) >= 11 is 0. The van der Waals surface area contributed by atoms with Gasteiger partial charge in [-0.1, -0.05) is 30.4 Å². The summed E-state index contributed by atoms with van der Waals surface area (Å²) in [6.45, 7) is 7.46. The second-order valence-corrected chi connectivity index (χ2v) is 5.42. The Bertz CT molecular complexity index is 572. The molecule has 0 saturated carbocycles. The molecule has 1 heterocycles. The quantitative estimate of drug-likeness (QED) is 0.686. The predicted octanol–water partition coefficient (Wildman–Crippen LogP) is 4.37. The molecule has 0 radical (unpaired) electrons. The summed E-state index contributed by atoms with van der Waals surface area (Å²) in [5, 5.41) is 11.8. The monoisotopic (exact) mass is 269 g/mol. The van der Waals surface area contributed by atoms with E-state index in [1.165, 1.54) is 16.5 Å². The van der Waals surface area contributed by atoms with Crippen molar-refractivity contribution in [3.8, 4) is 0 Å². The first kappa shape index (κ1) is 14.6. The van der Waals surface area contributed by atoms with E-state index in [-0.39, 0.29) is 0 Å². The van der Waals surface area contributed by atoms with Crippen LogP contribution in [0.3, 0.4) is 0 Å². The van der Waals surface area contributed by atoms with Crippen molar-refractivity contribution >= 4 is 10.9 Å². The van der Waals surface area contributed by atoms with E-state index in [4.69, 9.17) is 0 Å². The minimum absolute atomic E-state index is 0.618. The van der Waals surface area contributed by atoms with Crippen molar-refractivity contribution < 1.29 is 5.11 Å². The molecule has 0 amide bonds. The summed E-state index contributed by atoms with van der Waals surface area (Å²) in [5.74, 6) is 0. The topological polar surface area (TPSA) is 36.0 Å². The van der Waals surface area contributed by atoms with Crippen molar-refractivity contribution in [1.82, 2.24) is 4.98 Å². The molecule has 2 rings (SSSR count). The molecule has 2 nitrogen and oxygen atoms in total. The highest BCUT2D eigenvalue weighted by Gasteiger charge is 2.23. The lowest BCUT2D eigenvalue weighted by Gasteiger charge is -2.25. The summed E-state index contributed by atoms with van der Waals surface area (Å²) < 4.78 is 0. The van der Waals surface area contributed by atoms with Crippen molar-refractivity contribution in [2.24, 2.45) is 0 Å². The van der Waals surface area contributed by atoms with E-state index >= 15 is 0 Å². The smallest absolute Gasteiger partial charge is 0.0716 e. The van der Waals surface area contributed by atoms with Gasteiger partial charge in [0.25, 0.3) is 0 Å². The molecule has 0 fully saturated rings. The molecule has 0 bridgehead atoms. The number of aromatic amines is 1. The summed E-state index contributed by atoms with van der Waals surface area (Å²) in [5.41, 5.74) is 1.81. The number of para-hydroxylation sites is 1. The van der Waals surface area contributed by atoms with Gasteiger partial charge in [-0.05, 0) is 43.7 Å². The zero-order chi connectivity index (χ0) is 14.4. The summed E-state index contributed by atoms with van der Waals surface area (Å²) in [7, 11) is 0. The van der Waals surface area contributed by atoms with Crippen LogP contribution in [0.25, 0.3) is 10.9 Å². The molecule has 106 valence electrons. The molecule has 0 aliphatic heterocycles. The van der Waals surface area contributed by atoms with Crippen LogP contribution in [0.1, 0.15) is 31.2 Å². The third kappa shape index (κ3) is 3.40. The van der Waals surface area contributed by atoms with Gasteiger partial charge in [0.05, 0.1) is 5.60 Å². The molecule has 20 heavy (non-hydrogen) atoms. The van der Waals surface area contributed by atoms with Crippen LogP contribution < -0.4 is 0 Å². The number of aryl methyl sites for hydroxylation is 1. The van der Waals surface area contributed by atoms with Crippen LogP contribution >= 0.6 is 0 Å². The van der Waals surface area contributed by atoms with Gasteiger partial charge in [-0.15, -0.1) is 13.2 Å². The van der Waals surface area contributed by atoms with Gasteiger partial charge in [0.1, 0.15) is 0 Å². The fourth-order valence-corrected chi connectivity index (χ4v) is 2.77. The van der Waals surface area contributed by atoms with Gasteiger partial charge in [0, 0.05) is 17.1 Å². The second kappa shape index (κ2) is 6.58. The first-order chi connectivity index (χ1) is 9.68. The highest BCUT2D eigenvalue weighted by molar-refractivity contribution is 5.82. The molecule has 0 aliphatic rings.